The molecule has 2 aromatic heterocycles. The Balaban J connectivity index is 1.42. The second-order valence-corrected chi connectivity index (χ2v) is 9.16. The lowest BCUT2D eigenvalue weighted by atomic mass is 10.0. The number of hydrogen-bond acceptors (Lipinski definition) is 4. The van der Waals surface area contributed by atoms with Crippen molar-refractivity contribution >= 4 is 5.91 Å². The van der Waals surface area contributed by atoms with Gasteiger partial charge in [0, 0.05) is 38.9 Å². The number of aromatic nitrogens is 3. The highest BCUT2D eigenvalue weighted by molar-refractivity contribution is 5.95. The monoisotopic (exact) mass is 431 g/mol. The molecule has 1 aromatic carbocycles. The van der Waals surface area contributed by atoms with E-state index in [1.54, 1.807) is 17.1 Å². The first-order valence-corrected chi connectivity index (χ1v) is 11.5. The van der Waals surface area contributed by atoms with Crippen molar-refractivity contribution in [1.82, 2.24) is 24.6 Å². The van der Waals surface area contributed by atoms with Crippen LogP contribution in [0, 0.1) is 0 Å². The lowest BCUT2D eigenvalue weighted by Gasteiger charge is -2.35. The number of benzene rings is 1. The summed E-state index contributed by atoms with van der Waals surface area (Å²) in [6.45, 7) is 12.8. The molecule has 6 nitrogen and oxygen atoms in total. The predicted molar refractivity (Wildman–Crippen MR) is 127 cm³/mol. The van der Waals surface area contributed by atoms with Gasteiger partial charge in [0.25, 0.3) is 5.91 Å². The molecule has 4 rings (SSSR count). The van der Waals surface area contributed by atoms with Crippen LogP contribution in [0.3, 0.4) is 0 Å². The number of pyridine rings is 1. The van der Waals surface area contributed by atoms with Crippen LogP contribution in [-0.2, 0) is 6.54 Å². The number of hydrogen-bond donors (Lipinski definition) is 0. The van der Waals surface area contributed by atoms with Crippen LogP contribution in [0.15, 0.2) is 54.9 Å². The Labute approximate surface area is 190 Å². The van der Waals surface area contributed by atoms with Crippen molar-refractivity contribution < 1.29 is 4.79 Å². The maximum absolute atomic E-state index is 13.4. The number of rotatable bonds is 6. The summed E-state index contributed by atoms with van der Waals surface area (Å²) in [7, 11) is 0. The van der Waals surface area contributed by atoms with Crippen LogP contribution in [-0.4, -0.2) is 56.7 Å². The maximum atomic E-state index is 13.4. The van der Waals surface area contributed by atoms with E-state index < -0.39 is 0 Å². The summed E-state index contributed by atoms with van der Waals surface area (Å²) in [4.78, 5) is 22.2. The normalized spacial score (nSPS) is 15.0. The van der Waals surface area contributed by atoms with E-state index in [2.05, 4.69) is 66.9 Å². The fraction of sp³-hybridized carbons (Fsp3) is 0.423. The van der Waals surface area contributed by atoms with Crippen LogP contribution in [0.5, 0.6) is 0 Å². The molecule has 0 bridgehead atoms. The SMILES string of the molecule is CC(C)c1ccc(CN2CCN(C(=O)c3cnn(-c4ccccn4)c3C(C)C)CC2)cc1. The molecule has 0 aliphatic carbocycles. The van der Waals surface area contributed by atoms with Crippen molar-refractivity contribution in [3.63, 3.8) is 0 Å². The van der Waals surface area contributed by atoms with E-state index in [1.807, 2.05) is 23.1 Å². The molecule has 0 radical (unpaired) electrons. The molecular formula is C26H33N5O. The van der Waals surface area contributed by atoms with Crippen LogP contribution in [0.25, 0.3) is 5.82 Å². The van der Waals surface area contributed by atoms with E-state index >= 15 is 0 Å². The summed E-state index contributed by atoms with van der Waals surface area (Å²) in [5, 5.41) is 4.51. The summed E-state index contributed by atoms with van der Waals surface area (Å²) < 4.78 is 1.80. The lowest BCUT2D eigenvalue weighted by molar-refractivity contribution is 0.0627. The molecule has 1 amide bonds. The first-order valence-electron chi connectivity index (χ1n) is 11.5. The van der Waals surface area contributed by atoms with Crippen LogP contribution in [0.4, 0.5) is 0 Å². The van der Waals surface area contributed by atoms with Crippen LogP contribution >= 0.6 is 0 Å². The van der Waals surface area contributed by atoms with Gasteiger partial charge in [-0.1, -0.05) is 58.0 Å². The van der Waals surface area contributed by atoms with Crippen LogP contribution in [0.2, 0.25) is 0 Å². The Morgan fingerprint density at radius 3 is 2.25 bits per heavy atom. The van der Waals surface area contributed by atoms with Gasteiger partial charge in [0.05, 0.1) is 17.5 Å². The summed E-state index contributed by atoms with van der Waals surface area (Å²) >= 11 is 0. The highest BCUT2D eigenvalue weighted by Gasteiger charge is 2.27. The van der Waals surface area contributed by atoms with Gasteiger partial charge in [-0.05, 0) is 35.1 Å². The van der Waals surface area contributed by atoms with Crippen molar-refractivity contribution in [2.75, 3.05) is 26.2 Å². The number of nitrogens with zero attached hydrogens (tertiary/aromatic N) is 5. The Kier molecular flexibility index (Phi) is 6.70. The van der Waals surface area contributed by atoms with Gasteiger partial charge in [-0.2, -0.15) is 5.10 Å². The highest BCUT2D eigenvalue weighted by Crippen LogP contribution is 2.24. The molecule has 1 fully saturated rings. The van der Waals surface area contributed by atoms with Crippen LogP contribution in [0.1, 0.15) is 66.7 Å². The average molecular weight is 432 g/mol. The third kappa shape index (κ3) is 4.75. The zero-order valence-electron chi connectivity index (χ0n) is 19.5. The minimum absolute atomic E-state index is 0.0665. The van der Waals surface area contributed by atoms with E-state index in [9.17, 15) is 4.79 Å². The summed E-state index contributed by atoms with van der Waals surface area (Å²) in [5.74, 6) is 1.52. The average Bonchev–Trinajstić information content (AvgIpc) is 3.26. The zero-order valence-corrected chi connectivity index (χ0v) is 19.5. The second-order valence-electron chi connectivity index (χ2n) is 9.16. The maximum Gasteiger partial charge on any atom is 0.257 e. The van der Waals surface area contributed by atoms with E-state index in [4.69, 9.17) is 0 Å². The Morgan fingerprint density at radius 1 is 0.938 bits per heavy atom. The van der Waals surface area contributed by atoms with Crippen molar-refractivity contribution in [2.24, 2.45) is 0 Å². The van der Waals surface area contributed by atoms with E-state index in [-0.39, 0.29) is 11.8 Å². The Bertz CT molecular complexity index is 1030. The zero-order chi connectivity index (χ0) is 22.7. The molecule has 6 heteroatoms. The highest BCUT2D eigenvalue weighted by atomic mass is 16.2. The van der Waals surface area contributed by atoms with Gasteiger partial charge >= 0.3 is 0 Å². The number of carbonyl (C=O) groups is 1. The summed E-state index contributed by atoms with van der Waals surface area (Å²) in [5.41, 5.74) is 4.30. The molecule has 3 aromatic rings. The molecule has 0 unspecified atom stereocenters. The molecular weight excluding hydrogens is 398 g/mol. The molecule has 1 aliphatic heterocycles. The van der Waals surface area contributed by atoms with E-state index in [0.29, 0.717) is 11.5 Å². The molecule has 0 N–H and O–H groups in total. The second kappa shape index (κ2) is 9.65. The van der Waals surface area contributed by atoms with Crippen LogP contribution < -0.4 is 0 Å². The molecule has 0 atom stereocenters. The molecule has 0 spiro atoms. The van der Waals surface area contributed by atoms with Gasteiger partial charge < -0.3 is 4.90 Å². The predicted octanol–water partition coefficient (Wildman–Crippen LogP) is 4.47. The Hall–Kier alpha value is -2.99. The van der Waals surface area contributed by atoms with Gasteiger partial charge in [-0.15, -0.1) is 0 Å². The van der Waals surface area contributed by atoms with Gasteiger partial charge in [-0.25, -0.2) is 9.67 Å². The third-order valence-electron chi connectivity index (χ3n) is 6.16. The number of piperazine rings is 1. The van der Waals surface area contributed by atoms with Crippen molar-refractivity contribution in [2.45, 2.75) is 46.1 Å². The molecule has 1 aliphatic rings. The first kappa shape index (κ1) is 22.2. The lowest BCUT2D eigenvalue weighted by Crippen LogP contribution is -2.48. The standard InChI is InChI=1S/C26H33N5O/c1-19(2)22-10-8-21(9-11-22)18-29-13-15-30(16-14-29)26(32)23-17-28-31(25(23)20(3)4)24-7-5-6-12-27-24/h5-12,17,19-20H,13-16,18H2,1-4H3. The summed E-state index contributed by atoms with van der Waals surface area (Å²) in [6, 6.07) is 14.7. The van der Waals surface area contributed by atoms with Crippen molar-refractivity contribution in [1.29, 1.82) is 0 Å². The molecule has 32 heavy (non-hydrogen) atoms. The van der Waals surface area contributed by atoms with Gasteiger partial charge in [-0.3, -0.25) is 9.69 Å². The minimum Gasteiger partial charge on any atom is -0.336 e. The van der Waals surface area contributed by atoms with Gasteiger partial charge in [0.15, 0.2) is 5.82 Å². The molecule has 1 saturated heterocycles. The molecule has 168 valence electrons. The van der Waals surface area contributed by atoms with E-state index in [0.717, 1.165) is 44.2 Å². The fourth-order valence-electron chi connectivity index (χ4n) is 4.29. The number of carbonyl (C=O) groups excluding carboxylic acids is 1. The largest absolute Gasteiger partial charge is 0.336 e. The Morgan fingerprint density at radius 2 is 1.66 bits per heavy atom. The third-order valence-corrected chi connectivity index (χ3v) is 6.16. The molecule has 3 heterocycles. The quantitative estimate of drug-likeness (QED) is 0.578. The van der Waals surface area contributed by atoms with Crippen molar-refractivity contribution in [3.05, 3.63) is 77.2 Å². The smallest absolute Gasteiger partial charge is 0.257 e. The van der Waals surface area contributed by atoms with Gasteiger partial charge in [0.1, 0.15) is 0 Å². The minimum atomic E-state index is 0.0665. The van der Waals surface area contributed by atoms with Crippen molar-refractivity contribution in [3.8, 4) is 5.82 Å². The number of amides is 1. The van der Waals surface area contributed by atoms with E-state index in [1.165, 1.54) is 11.1 Å². The molecule has 0 saturated carbocycles. The fourth-order valence-corrected chi connectivity index (χ4v) is 4.29. The first-order chi connectivity index (χ1) is 15.4. The van der Waals surface area contributed by atoms with Gasteiger partial charge in [0.2, 0.25) is 0 Å². The summed E-state index contributed by atoms with van der Waals surface area (Å²) in [6.07, 6.45) is 3.45. The topological polar surface area (TPSA) is 54.3 Å².